The number of hydrogen-bond acceptors (Lipinski definition) is 3. The number of aryl methyl sites for hydroxylation is 1. The van der Waals surface area contributed by atoms with E-state index >= 15 is 0 Å². The summed E-state index contributed by atoms with van der Waals surface area (Å²) in [6.45, 7) is 9.01. The average molecular weight is 273 g/mol. The van der Waals surface area contributed by atoms with Gasteiger partial charge in [-0.25, -0.2) is 0 Å². The molecule has 2 unspecified atom stereocenters. The van der Waals surface area contributed by atoms with Crippen LogP contribution in [-0.4, -0.2) is 48.1 Å². The fraction of sp³-hybridized carbons (Fsp3) is 0.647. The largest absolute Gasteiger partial charge is 0.326 e. The number of nitrogens with zero attached hydrogens (tertiary/aromatic N) is 2. The molecular weight excluding hydrogens is 246 g/mol. The topological polar surface area (TPSA) is 32.5 Å². The van der Waals surface area contributed by atoms with Crippen LogP contribution in [0.4, 0.5) is 0 Å². The minimum Gasteiger partial charge on any atom is -0.326 e. The molecule has 1 aliphatic heterocycles. The highest BCUT2D eigenvalue weighted by Crippen LogP contribution is 2.30. The van der Waals surface area contributed by atoms with Crippen molar-refractivity contribution in [3.63, 3.8) is 0 Å². The van der Waals surface area contributed by atoms with Crippen LogP contribution in [-0.2, 0) is 0 Å². The smallest absolute Gasteiger partial charge is 0.0497 e. The molecule has 2 aliphatic rings. The van der Waals surface area contributed by atoms with Crippen molar-refractivity contribution in [1.82, 2.24) is 9.80 Å². The van der Waals surface area contributed by atoms with Crippen LogP contribution in [0.25, 0.3) is 0 Å². The third kappa shape index (κ3) is 3.05. The molecule has 1 aromatic carbocycles. The van der Waals surface area contributed by atoms with Gasteiger partial charge in [0.15, 0.2) is 0 Å². The Morgan fingerprint density at radius 1 is 1.15 bits per heavy atom. The molecule has 1 saturated heterocycles. The number of rotatable bonds is 4. The number of hydrogen-bond donors (Lipinski definition) is 1. The lowest BCUT2D eigenvalue weighted by atomic mass is 9.97. The second-order valence-electron chi connectivity index (χ2n) is 6.52. The van der Waals surface area contributed by atoms with Gasteiger partial charge in [-0.1, -0.05) is 29.8 Å². The lowest BCUT2D eigenvalue weighted by Gasteiger charge is -2.41. The van der Waals surface area contributed by atoms with Crippen molar-refractivity contribution in [2.24, 2.45) is 5.73 Å². The molecule has 1 aliphatic carbocycles. The molecule has 1 aromatic rings. The van der Waals surface area contributed by atoms with Crippen LogP contribution >= 0.6 is 0 Å². The van der Waals surface area contributed by atoms with Crippen molar-refractivity contribution >= 4 is 0 Å². The molecular formula is C17H27N3. The van der Waals surface area contributed by atoms with E-state index in [4.69, 9.17) is 5.73 Å². The fourth-order valence-corrected chi connectivity index (χ4v) is 3.52. The first-order valence-corrected chi connectivity index (χ1v) is 7.95. The van der Waals surface area contributed by atoms with Crippen molar-refractivity contribution in [2.45, 2.75) is 44.8 Å². The predicted octanol–water partition coefficient (Wildman–Crippen LogP) is 2.16. The Bertz CT molecular complexity index is 445. The molecule has 2 fully saturated rings. The van der Waals surface area contributed by atoms with Gasteiger partial charge >= 0.3 is 0 Å². The van der Waals surface area contributed by atoms with Crippen molar-refractivity contribution in [1.29, 1.82) is 0 Å². The Kier molecular flexibility index (Phi) is 4.11. The normalized spacial score (nSPS) is 24.6. The summed E-state index contributed by atoms with van der Waals surface area (Å²) in [7, 11) is 0. The summed E-state index contributed by atoms with van der Waals surface area (Å²) < 4.78 is 0. The lowest BCUT2D eigenvalue weighted by Crippen LogP contribution is -2.51. The van der Waals surface area contributed by atoms with Gasteiger partial charge in [0.2, 0.25) is 0 Å². The molecule has 3 heteroatoms. The summed E-state index contributed by atoms with van der Waals surface area (Å²) in [5.41, 5.74) is 9.00. The highest BCUT2D eigenvalue weighted by molar-refractivity contribution is 5.26. The van der Waals surface area contributed by atoms with E-state index in [0.29, 0.717) is 6.04 Å². The third-order valence-corrected chi connectivity index (χ3v) is 4.69. The van der Waals surface area contributed by atoms with Gasteiger partial charge in [-0.05, 0) is 32.3 Å². The van der Waals surface area contributed by atoms with E-state index in [1.807, 2.05) is 0 Å². The Balaban J connectivity index is 1.71. The Hall–Kier alpha value is -0.900. The maximum Gasteiger partial charge on any atom is 0.0497 e. The van der Waals surface area contributed by atoms with Crippen LogP contribution in [0.1, 0.15) is 36.9 Å². The quantitative estimate of drug-likeness (QED) is 0.912. The van der Waals surface area contributed by atoms with Crippen LogP contribution in [0.15, 0.2) is 24.3 Å². The first-order chi connectivity index (χ1) is 9.65. The van der Waals surface area contributed by atoms with Crippen molar-refractivity contribution in [2.75, 3.05) is 26.2 Å². The summed E-state index contributed by atoms with van der Waals surface area (Å²) in [6, 6.07) is 10.3. The van der Waals surface area contributed by atoms with E-state index in [9.17, 15) is 0 Å². The summed E-state index contributed by atoms with van der Waals surface area (Å²) in [4.78, 5) is 5.24. The van der Waals surface area contributed by atoms with Gasteiger partial charge in [-0.3, -0.25) is 9.80 Å². The molecule has 2 atom stereocenters. The predicted molar refractivity (Wildman–Crippen MR) is 83.7 cm³/mol. The zero-order chi connectivity index (χ0) is 14.1. The van der Waals surface area contributed by atoms with E-state index in [0.717, 1.165) is 19.1 Å². The second kappa shape index (κ2) is 5.84. The van der Waals surface area contributed by atoms with E-state index < -0.39 is 0 Å². The van der Waals surface area contributed by atoms with Crippen LogP contribution in [0, 0.1) is 6.92 Å². The summed E-state index contributed by atoms with van der Waals surface area (Å²) >= 11 is 0. The lowest BCUT2D eigenvalue weighted by molar-refractivity contribution is 0.0826. The highest BCUT2D eigenvalue weighted by atomic mass is 15.3. The molecule has 2 N–H and O–H groups in total. The van der Waals surface area contributed by atoms with Gasteiger partial charge in [0.25, 0.3) is 0 Å². The Morgan fingerprint density at radius 3 is 2.40 bits per heavy atom. The van der Waals surface area contributed by atoms with Gasteiger partial charge in [0.05, 0.1) is 0 Å². The SMILES string of the molecule is Cc1cccc(C(C(C)N)N2CCN(C3CC3)CC2)c1. The fourth-order valence-electron chi connectivity index (χ4n) is 3.52. The second-order valence-corrected chi connectivity index (χ2v) is 6.52. The molecule has 3 nitrogen and oxygen atoms in total. The molecule has 1 heterocycles. The van der Waals surface area contributed by atoms with Gasteiger partial charge in [-0.2, -0.15) is 0 Å². The zero-order valence-corrected chi connectivity index (χ0v) is 12.8. The molecule has 1 saturated carbocycles. The average Bonchev–Trinajstić information content (AvgIpc) is 3.24. The molecule has 0 radical (unpaired) electrons. The maximum absolute atomic E-state index is 6.30. The monoisotopic (exact) mass is 273 g/mol. The maximum atomic E-state index is 6.30. The first kappa shape index (κ1) is 14.1. The summed E-state index contributed by atoms with van der Waals surface area (Å²) in [5, 5.41) is 0. The highest BCUT2D eigenvalue weighted by Gasteiger charge is 2.34. The van der Waals surface area contributed by atoms with Gasteiger partial charge in [-0.15, -0.1) is 0 Å². The molecule has 0 amide bonds. The minimum atomic E-state index is 0.171. The van der Waals surface area contributed by atoms with Crippen LogP contribution < -0.4 is 5.73 Å². The Labute approximate surface area is 122 Å². The number of piperazine rings is 1. The standard InChI is InChI=1S/C17H27N3/c1-13-4-3-5-15(12-13)17(14(2)18)20-10-8-19(9-11-20)16-6-7-16/h3-5,12,14,16-17H,6-11,18H2,1-2H3. The van der Waals surface area contributed by atoms with E-state index in [2.05, 4.69) is 47.9 Å². The van der Waals surface area contributed by atoms with Gasteiger partial charge < -0.3 is 5.73 Å². The van der Waals surface area contributed by atoms with Crippen LogP contribution in [0.2, 0.25) is 0 Å². The van der Waals surface area contributed by atoms with Crippen LogP contribution in [0.3, 0.4) is 0 Å². The van der Waals surface area contributed by atoms with Crippen molar-refractivity contribution < 1.29 is 0 Å². The summed E-state index contributed by atoms with van der Waals surface area (Å²) in [6.07, 6.45) is 2.82. The number of benzene rings is 1. The molecule has 3 rings (SSSR count). The molecule has 0 spiro atoms. The molecule has 20 heavy (non-hydrogen) atoms. The van der Waals surface area contributed by atoms with Crippen molar-refractivity contribution in [3.8, 4) is 0 Å². The van der Waals surface area contributed by atoms with Gasteiger partial charge in [0, 0.05) is 44.3 Å². The van der Waals surface area contributed by atoms with E-state index in [-0.39, 0.29) is 6.04 Å². The minimum absolute atomic E-state index is 0.171. The van der Waals surface area contributed by atoms with Crippen molar-refractivity contribution in [3.05, 3.63) is 35.4 Å². The number of nitrogens with two attached hydrogens (primary N) is 1. The molecule has 0 aromatic heterocycles. The van der Waals surface area contributed by atoms with Gasteiger partial charge in [0.1, 0.15) is 0 Å². The first-order valence-electron chi connectivity index (χ1n) is 7.95. The van der Waals surface area contributed by atoms with E-state index in [1.54, 1.807) is 0 Å². The Morgan fingerprint density at radius 2 is 1.85 bits per heavy atom. The summed E-state index contributed by atoms with van der Waals surface area (Å²) in [5.74, 6) is 0. The van der Waals surface area contributed by atoms with Crippen LogP contribution in [0.5, 0.6) is 0 Å². The third-order valence-electron chi connectivity index (χ3n) is 4.69. The van der Waals surface area contributed by atoms with E-state index in [1.165, 1.54) is 37.1 Å². The molecule has 110 valence electrons. The zero-order valence-electron chi connectivity index (χ0n) is 12.8. The molecule has 0 bridgehead atoms.